The van der Waals surface area contributed by atoms with E-state index in [4.69, 9.17) is 10.5 Å². The number of ether oxygens (including phenoxy) is 1. The first kappa shape index (κ1) is 18.4. The van der Waals surface area contributed by atoms with Crippen molar-refractivity contribution in [3.05, 3.63) is 35.4 Å². The third kappa shape index (κ3) is 3.19. The van der Waals surface area contributed by atoms with Gasteiger partial charge in [-0.3, -0.25) is 14.4 Å². The fraction of sp³-hybridized carbons (Fsp3) is 0.526. The molecule has 1 aromatic rings. The van der Waals surface area contributed by atoms with Crippen molar-refractivity contribution in [2.75, 3.05) is 13.7 Å². The SMILES string of the molecule is Cc1ccccc1[C@@H]1[C@@H](C(=O)NC2(C(N)=O)CCCC2)OCC(=O)N1C. The lowest BCUT2D eigenvalue weighted by atomic mass is 9.91. The predicted octanol–water partition coefficient (Wildman–Crippen LogP) is 0.808. The molecule has 0 unspecified atom stereocenters. The number of nitrogens with two attached hydrogens (primary N) is 1. The topological polar surface area (TPSA) is 102 Å². The van der Waals surface area contributed by atoms with E-state index >= 15 is 0 Å². The molecule has 140 valence electrons. The number of rotatable bonds is 4. The van der Waals surface area contributed by atoms with Crippen molar-refractivity contribution in [3.8, 4) is 0 Å². The van der Waals surface area contributed by atoms with Crippen LogP contribution in [0.3, 0.4) is 0 Å². The average molecular weight is 359 g/mol. The summed E-state index contributed by atoms with van der Waals surface area (Å²) < 4.78 is 5.62. The van der Waals surface area contributed by atoms with E-state index in [2.05, 4.69) is 5.32 Å². The van der Waals surface area contributed by atoms with Crippen LogP contribution < -0.4 is 11.1 Å². The number of primary amides is 1. The fourth-order valence-corrected chi connectivity index (χ4v) is 3.94. The summed E-state index contributed by atoms with van der Waals surface area (Å²) in [6.45, 7) is 1.76. The fourth-order valence-electron chi connectivity index (χ4n) is 3.94. The molecular formula is C19H25N3O4. The van der Waals surface area contributed by atoms with Gasteiger partial charge in [-0.15, -0.1) is 0 Å². The molecule has 2 aliphatic rings. The Kier molecular flexibility index (Phi) is 5.00. The molecule has 1 aliphatic carbocycles. The van der Waals surface area contributed by atoms with Gasteiger partial charge in [0.2, 0.25) is 11.8 Å². The Bertz CT molecular complexity index is 727. The van der Waals surface area contributed by atoms with E-state index in [0.717, 1.165) is 24.0 Å². The quantitative estimate of drug-likeness (QED) is 0.830. The van der Waals surface area contributed by atoms with Crippen LogP contribution in [0.15, 0.2) is 24.3 Å². The highest BCUT2D eigenvalue weighted by Gasteiger charge is 2.46. The lowest BCUT2D eigenvalue weighted by molar-refractivity contribution is -0.163. The highest BCUT2D eigenvalue weighted by atomic mass is 16.5. The highest BCUT2D eigenvalue weighted by Crippen LogP contribution is 2.33. The van der Waals surface area contributed by atoms with Crippen LogP contribution in [-0.4, -0.2) is 47.9 Å². The summed E-state index contributed by atoms with van der Waals surface area (Å²) >= 11 is 0. The zero-order chi connectivity index (χ0) is 18.9. The standard InChI is InChI=1S/C19H25N3O4/c1-12-7-3-4-8-13(12)15-16(26-11-14(23)22(15)2)17(24)21-19(18(20)25)9-5-6-10-19/h3-4,7-8,15-16H,5-6,9-11H2,1-2H3,(H2,20,25)(H,21,24)/t15-,16+/m1/s1. The van der Waals surface area contributed by atoms with E-state index in [1.807, 2.05) is 31.2 Å². The molecule has 2 fully saturated rings. The lowest BCUT2D eigenvalue weighted by Gasteiger charge is -2.40. The van der Waals surface area contributed by atoms with Crippen LogP contribution in [0.25, 0.3) is 0 Å². The molecule has 3 N–H and O–H groups in total. The molecule has 7 heteroatoms. The molecule has 26 heavy (non-hydrogen) atoms. The van der Waals surface area contributed by atoms with Crippen molar-refractivity contribution < 1.29 is 19.1 Å². The Morgan fingerprint density at radius 1 is 1.27 bits per heavy atom. The monoisotopic (exact) mass is 359 g/mol. The van der Waals surface area contributed by atoms with Crippen LogP contribution in [0, 0.1) is 6.92 Å². The van der Waals surface area contributed by atoms with Gasteiger partial charge >= 0.3 is 0 Å². The van der Waals surface area contributed by atoms with Crippen LogP contribution in [0.2, 0.25) is 0 Å². The first-order valence-electron chi connectivity index (χ1n) is 8.90. The zero-order valence-electron chi connectivity index (χ0n) is 15.2. The summed E-state index contributed by atoms with van der Waals surface area (Å²) in [7, 11) is 1.67. The first-order chi connectivity index (χ1) is 12.4. The van der Waals surface area contributed by atoms with Crippen LogP contribution in [0.5, 0.6) is 0 Å². The summed E-state index contributed by atoms with van der Waals surface area (Å²) in [6, 6.07) is 7.03. The molecule has 0 aromatic heterocycles. The van der Waals surface area contributed by atoms with E-state index in [1.54, 1.807) is 11.9 Å². The number of hydrogen-bond acceptors (Lipinski definition) is 4. The molecule has 1 saturated carbocycles. The number of nitrogens with one attached hydrogen (secondary N) is 1. The molecule has 7 nitrogen and oxygen atoms in total. The number of carbonyl (C=O) groups is 3. The second-order valence-corrected chi connectivity index (χ2v) is 7.18. The summed E-state index contributed by atoms with van der Waals surface area (Å²) in [6.07, 6.45) is 1.85. The number of morpholine rings is 1. The van der Waals surface area contributed by atoms with Crippen molar-refractivity contribution >= 4 is 17.7 Å². The van der Waals surface area contributed by atoms with E-state index in [9.17, 15) is 14.4 Å². The van der Waals surface area contributed by atoms with Crippen LogP contribution in [0.1, 0.15) is 42.9 Å². The van der Waals surface area contributed by atoms with Crippen molar-refractivity contribution in [2.24, 2.45) is 5.73 Å². The van der Waals surface area contributed by atoms with E-state index < -0.39 is 29.5 Å². The van der Waals surface area contributed by atoms with Gasteiger partial charge in [-0.2, -0.15) is 0 Å². The third-order valence-electron chi connectivity index (χ3n) is 5.54. The summed E-state index contributed by atoms with van der Waals surface area (Å²) in [5.41, 5.74) is 6.37. The van der Waals surface area contributed by atoms with Crippen LogP contribution >= 0.6 is 0 Å². The van der Waals surface area contributed by atoms with Crippen LogP contribution in [-0.2, 0) is 19.1 Å². The van der Waals surface area contributed by atoms with Crippen molar-refractivity contribution in [3.63, 3.8) is 0 Å². The number of amides is 3. The number of hydrogen-bond donors (Lipinski definition) is 2. The van der Waals surface area contributed by atoms with E-state index in [1.165, 1.54) is 0 Å². The molecule has 0 bridgehead atoms. The summed E-state index contributed by atoms with van der Waals surface area (Å²) in [5, 5.41) is 2.84. The normalized spacial score (nSPS) is 25.2. The second kappa shape index (κ2) is 7.07. The molecule has 1 saturated heterocycles. The Labute approximate surface area is 152 Å². The molecule has 2 atom stereocenters. The maximum atomic E-state index is 13.0. The Morgan fingerprint density at radius 2 is 1.92 bits per heavy atom. The minimum Gasteiger partial charge on any atom is -0.368 e. The van der Waals surface area contributed by atoms with Gasteiger partial charge < -0.3 is 20.7 Å². The molecule has 0 spiro atoms. The van der Waals surface area contributed by atoms with Crippen LogP contribution in [0.4, 0.5) is 0 Å². The average Bonchev–Trinajstić information content (AvgIpc) is 3.08. The third-order valence-corrected chi connectivity index (χ3v) is 5.54. The summed E-state index contributed by atoms with van der Waals surface area (Å²) in [5.74, 6) is -1.11. The first-order valence-corrected chi connectivity index (χ1v) is 8.90. The zero-order valence-corrected chi connectivity index (χ0v) is 15.2. The second-order valence-electron chi connectivity index (χ2n) is 7.18. The Morgan fingerprint density at radius 3 is 2.54 bits per heavy atom. The van der Waals surface area contributed by atoms with Gasteiger partial charge in [0.25, 0.3) is 5.91 Å². The Hall–Kier alpha value is -2.41. The van der Waals surface area contributed by atoms with Gasteiger partial charge in [-0.1, -0.05) is 37.1 Å². The predicted molar refractivity (Wildman–Crippen MR) is 95.0 cm³/mol. The maximum Gasteiger partial charge on any atom is 0.252 e. The number of carbonyl (C=O) groups excluding carboxylic acids is 3. The van der Waals surface area contributed by atoms with Gasteiger partial charge in [0.05, 0.1) is 6.04 Å². The Balaban J connectivity index is 1.91. The maximum absolute atomic E-state index is 13.0. The van der Waals surface area contributed by atoms with Gasteiger partial charge in [0, 0.05) is 7.05 Å². The highest BCUT2D eigenvalue weighted by molar-refractivity contribution is 5.93. The van der Waals surface area contributed by atoms with Crippen molar-refractivity contribution in [2.45, 2.75) is 50.3 Å². The van der Waals surface area contributed by atoms with Gasteiger partial charge in [0.15, 0.2) is 6.10 Å². The minimum absolute atomic E-state index is 0.166. The molecule has 3 rings (SSSR count). The molecule has 1 aromatic carbocycles. The smallest absolute Gasteiger partial charge is 0.252 e. The van der Waals surface area contributed by atoms with Gasteiger partial charge in [-0.05, 0) is 30.9 Å². The number of likely N-dealkylation sites (N-methyl/N-ethyl adjacent to an activating group) is 1. The largest absolute Gasteiger partial charge is 0.368 e. The molecule has 1 heterocycles. The summed E-state index contributed by atoms with van der Waals surface area (Å²) in [4.78, 5) is 38.7. The lowest BCUT2D eigenvalue weighted by Crippen LogP contribution is -2.61. The number of benzene rings is 1. The number of aryl methyl sites for hydroxylation is 1. The van der Waals surface area contributed by atoms with E-state index in [0.29, 0.717) is 12.8 Å². The van der Waals surface area contributed by atoms with E-state index in [-0.39, 0.29) is 12.5 Å². The molecule has 0 radical (unpaired) electrons. The molecular weight excluding hydrogens is 334 g/mol. The molecule has 1 aliphatic heterocycles. The van der Waals surface area contributed by atoms with Crippen molar-refractivity contribution in [1.29, 1.82) is 0 Å². The van der Waals surface area contributed by atoms with Gasteiger partial charge in [0.1, 0.15) is 12.1 Å². The van der Waals surface area contributed by atoms with Crippen molar-refractivity contribution in [1.82, 2.24) is 10.2 Å². The number of nitrogens with zero attached hydrogens (tertiary/aromatic N) is 1. The minimum atomic E-state index is -1.02. The molecule has 3 amide bonds. The van der Waals surface area contributed by atoms with Gasteiger partial charge in [-0.25, -0.2) is 0 Å².